The molecule has 28 heavy (non-hydrogen) atoms. The quantitative estimate of drug-likeness (QED) is 0.727. The summed E-state index contributed by atoms with van der Waals surface area (Å²) < 4.78 is 0. The van der Waals surface area contributed by atoms with Crippen LogP contribution in [0.5, 0.6) is 0 Å². The number of aromatic nitrogens is 1. The smallest absolute Gasteiger partial charge is 0.279 e. The Hall–Kier alpha value is -2.92. The van der Waals surface area contributed by atoms with Crippen LogP contribution in [0.3, 0.4) is 0 Å². The van der Waals surface area contributed by atoms with Crippen LogP contribution in [0, 0.1) is 13.8 Å². The van der Waals surface area contributed by atoms with Gasteiger partial charge in [0.25, 0.3) is 11.7 Å². The zero-order valence-corrected chi connectivity index (χ0v) is 16.6. The van der Waals surface area contributed by atoms with Crippen molar-refractivity contribution in [1.29, 1.82) is 0 Å². The lowest BCUT2D eigenvalue weighted by Crippen LogP contribution is -3.15. The molecule has 1 fully saturated rings. The number of nitrogens with zero attached hydrogens (tertiary/aromatic N) is 1. The number of nitrogens with one attached hydrogen (secondary N) is 3. The minimum Gasteiger partial charge on any atom is -0.321 e. The van der Waals surface area contributed by atoms with E-state index >= 15 is 0 Å². The molecule has 2 aromatic carbocycles. The number of quaternary nitrogens is 1. The number of hydrogen-bond acceptors (Lipinski definition) is 2. The highest BCUT2D eigenvalue weighted by Gasteiger charge is 2.27. The number of carbonyl (C=O) groups excluding carboxylic acids is 1. The molecule has 5 heteroatoms. The Labute approximate surface area is 166 Å². The first-order chi connectivity index (χ1) is 13.6. The molecule has 3 N–H and O–H groups in total. The van der Waals surface area contributed by atoms with Gasteiger partial charge in [-0.15, -0.1) is 0 Å². The molecule has 0 bridgehead atoms. The van der Waals surface area contributed by atoms with Gasteiger partial charge < -0.3 is 10.2 Å². The van der Waals surface area contributed by atoms with Crippen LogP contribution in [0.2, 0.25) is 0 Å². The van der Waals surface area contributed by atoms with Crippen molar-refractivity contribution in [2.45, 2.75) is 13.8 Å². The number of H-pyrrole nitrogens is 1. The standard InChI is InChI=1S/C23H26N4O/c1-17-6-5-9-20(18(17)2)25-23(28)16-26-12-14-27(15-13-26)22-11-10-19-7-3-4-8-21(19)24-22/h3-11H,12-16H2,1-2H3,(H,25,28)/p+2. The van der Waals surface area contributed by atoms with Crippen LogP contribution in [0.15, 0.2) is 54.6 Å². The summed E-state index contributed by atoms with van der Waals surface area (Å²) in [5.41, 5.74) is 4.42. The van der Waals surface area contributed by atoms with Crippen molar-refractivity contribution in [1.82, 2.24) is 0 Å². The van der Waals surface area contributed by atoms with E-state index in [-0.39, 0.29) is 5.91 Å². The molecule has 4 rings (SSSR count). The molecule has 1 saturated heterocycles. The van der Waals surface area contributed by atoms with E-state index in [1.807, 2.05) is 12.1 Å². The summed E-state index contributed by atoms with van der Waals surface area (Å²) in [5.74, 6) is 1.24. The second-order valence-corrected chi connectivity index (χ2v) is 7.64. The number of amides is 1. The van der Waals surface area contributed by atoms with E-state index in [1.54, 1.807) is 0 Å². The van der Waals surface area contributed by atoms with E-state index in [0.717, 1.165) is 48.8 Å². The highest BCUT2D eigenvalue weighted by atomic mass is 16.2. The predicted octanol–water partition coefficient (Wildman–Crippen LogP) is 1.61. The van der Waals surface area contributed by atoms with Crippen LogP contribution in [0.4, 0.5) is 11.5 Å². The molecule has 5 nitrogen and oxygen atoms in total. The van der Waals surface area contributed by atoms with Gasteiger partial charge in [0.05, 0.1) is 0 Å². The molecule has 1 aliphatic rings. The molecule has 0 atom stereocenters. The Kier molecular flexibility index (Phi) is 5.26. The minimum absolute atomic E-state index is 0.0921. The molecule has 144 valence electrons. The third-order valence-corrected chi connectivity index (χ3v) is 5.74. The molecule has 2 heterocycles. The van der Waals surface area contributed by atoms with Gasteiger partial charge in [0.2, 0.25) is 0 Å². The van der Waals surface area contributed by atoms with Crippen molar-refractivity contribution in [3.63, 3.8) is 0 Å². The van der Waals surface area contributed by atoms with Crippen molar-refractivity contribution in [2.75, 3.05) is 42.9 Å². The Morgan fingerprint density at radius 2 is 1.82 bits per heavy atom. The fourth-order valence-corrected chi connectivity index (χ4v) is 3.84. The van der Waals surface area contributed by atoms with E-state index in [4.69, 9.17) is 0 Å². The lowest BCUT2D eigenvalue weighted by atomic mass is 10.1. The maximum Gasteiger partial charge on any atom is 0.279 e. The van der Waals surface area contributed by atoms with Crippen LogP contribution >= 0.6 is 0 Å². The van der Waals surface area contributed by atoms with Gasteiger partial charge in [-0.2, -0.15) is 0 Å². The third kappa shape index (κ3) is 3.99. The molecule has 1 amide bonds. The van der Waals surface area contributed by atoms with Crippen LogP contribution in [0.1, 0.15) is 11.1 Å². The van der Waals surface area contributed by atoms with Crippen LogP contribution in [-0.4, -0.2) is 38.6 Å². The number of fused-ring (bicyclic) bond motifs is 1. The fourth-order valence-electron chi connectivity index (χ4n) is 3.84. The van der Waals surface area contributed by atoms with Gasteiger partial charge in [-0.05, 0) is 43.2 Å². The molecule has 1 aromatic heterocycles. The second-order valence-electron chi connectivity index (χ2n) is 7.64. The van der Waals surface area contributed by atoms with Crippen molar-refractivity contribution in [2.24, 2.45) is 0 Å². The highest BCUT2D eigenvalue weighted by molar-refractivity contribution is 5.92. The van der Waals surface area contributed by atoms with Crippen molar-refractivity contribution in [3.05, 3.63) is 65.7 Å². The molecule has 1 aliphatic heterocycles. The number of rotatable bonds is 4. The first-order valence-corrected chi connectivity index (χ1v) is 9.96. The van der Waals surface area contributed by atoms with E-state index in [1.165, 1.54) is 15.8 Å². The number of hydrogen-bond donors (Lipinski definition) is 2. The number of anilines is 2. The summed E-state index contributed by atoms with van der Waals surface area (Å²) in [6.45, 7) is 8.45. The number of para-hydroxylation sites is 1. The zero-order chi connectivity index (χ0) is 19.5. The number of benzene rings is 2. The molecular weight excluding hydrogens is 348 g/mol. The molecule has 0 spiro atoms. The van der Waals surface area contributed by atoms with E-state index < -0.39 is 0 Å². The van der Waals surface area contributed by atoms with Gasteiger partial charge in [0.1, 0.15) is 31.7 Å². The molecule has 0 aliphatic carbocycles. The molecule has 3 aromatic rings. The summed E-state index contributed by atoms with van der Waals surface area (Å²) in [7, 11) is 0. The predicted molar refractivity (Wildman–Crippen MR) is 113 cm³/mol. The normalized spacial score (nSPS) is 15.0. The van der Waals surface area contributed by atoms with Crippen LogP contribution in [-0.2, 0) is 4.79 Å². The average Bonchev–Trinajstić information content (AvgIpc) is 2.71. The summed E-state index contributed by atoms with van der Waals surface area (Å²) in [6, 6.07) is 18.7. The van der Waals surface area contributed by atoms with E-state index in [0.29, 0.717) is 6.54 Å². The SMILES string of the molecule is Cc1cccc(NC(=O)C[NH+]2CCN(c3ccc4ccccc4[nH+]3)CC2)c1C. The van der Waals surface area contributed by atoms with Crippen LogP contribution in [0.25, 0.3) is 10.9 Å². The maximum absolute atomic E-state index is 12.5. The maximum atomic E-state index is 12.5. The topological polar surface area (TPSA) is 50.9 Å². The summed E-state index contributed by atoms with van der Waals surface area (Å²) in [4.78, 5) is 19.7. The van der Waals surface area contributed by atoms with Crippen molar-refractivity contribution < 1.29 is 14.7 Å². The Morgan fingerprint density at radius 3 is 2.64 bits per heavy atom. The van der Waals surface area contributed by atoms with Gasteiger partial charge in [-0.3, -0.25) is 9.69 Å². The fraction of sp³-hybridized carbons (Fsp3) is 0.304. The summed E-state index contributed by atoms with van der Waals surface area (Å²) >= 11 is 0. The van der Waals surface area contributed by atoms with Crippen LogP contribution < -0.4 is 20.1 Å². The Morgan fingerprint density at radius 1 is 1.04 bits per heavy atom. The summed E-state index contributed by atoms with van der Waals surface area (Å²) in [5, 5.41) is 4.30. The van der Waals surface area contributed by atoms with Gasteiger partial charge in [-0.1, -0.05) is 30.3 Å². The summed E-state index contributed by atoms with van der Waals surface area (Å²) in [6.07, 6.45) is 0. The minimum atomic E-state index is 0.0921. The third-order valence-electron chi connectivity index (χ3n) is 5.74. The molecule has 0 radical (unpaired) electrons. The number of carbonyl (C=O) groups is 1. The van der Waals surface area contributed by atoms with Crippen molar-refractivity contribution in [3.8, 4) is 0 Å². The van der Waals surface area contributed by atoms with E-state index in [9.17, 15) is 4.79 Å². The van der Waals surface area contributed by atoms with Gasteiger partial charge >= 0.3 is 0 Å². The Balaban J connectivity index is 1.33. The Bertz CT molecular complexity index is 993. The first kappa shape index (κ1) is 18.4. The van der Waals surface area contributed by atoms with E-state index in [2.05, 4.69) is 71.5 Å². The number of pyridine rings is 1. The largest absolute Gasteiger partial charge is 0.321 e. The van der Waals surface area contributed by atoms with Gasteiger partial charge in [-0.25, -0.2) is 4.98 Å². The lowest BCUT2D eigenvalue weighted by molar-refractivity contribution is -0.892. The number of aromatic amines is 1. The molecule has 0 saturated carbocycles. The van der Waals surface area contributed by atoms with Gasteiger partial charge in [0, 0.05) is 17.1 Å². The molecular formula is C23H28N4O+2. The zero-order valence-electron chi connectivity index (χ0n) is 16.6. The second kappa shape index (κ2) is 7.98. The average molecular weight is 377 g/mol. The van der Waals surface area contributed by atoms with Gasteiger partial charge in [0.15, 0.2) is 6.54 Å². The first-order valence-electron chi connectivity index (χ1n) is 9.96. The number of aryl methyl sites for hydroxylation is 1. The number of piperazine rings is 1. The monoisotopic (exact) mass is 376 g/mol. The molecule has 0 unspecified atom stereocenters. The highest BCUT2D eigenvalue weighted by Crippen LogP contribution is 2.17. The van der Waals surface area contributed by atoms with Crippen molar-refractivity contribution >= 4 is 28.3 Å². The lowest BCUT2D eigenvalue weighted by Gasteiger charge is -2.28.